The minimum Gasteiger partial charge on any atom is -0.492 e. The van der Waals surface area contributed by atoms with Crippen LogP contribution in [0, 0.1) is 0 Å². The summed E-state index contributed by atoms with van der Waals surface area (Å²) in [5, 5.41) is 4.23. The molecule has 0 bridgehead atoms. The fraction of sp³-hybridized carbons (Fsp3) is 0.188. The first kappa shape index (κ1) is 16.8. The van der Waals surface area contributed by atoms with Gasteiger partial charge in [0, 0.05) is 4.47 Å². The van der Waals surface area contributed by atoms with Gasteiger partial charge >= 0.3 is 0 Å². The van der Waals surface area contributed by atoms with Crippen LogP contribution in [0.1, 0.15) is 12.5 Å². The van der Waals surface area contributed by atoms with E-state index in [1.165, 1.54) is 0 Å². The quantitative estimate of drug-likeness (QED) is 0.517. The van der Waals surface area contributed by atoms with Gasteiger partial charge in [-0.05, 0) is 64.8 Å². The van der Waals surface area contributed by atoms with Crippen molar-refractivity contribution in [3.05, 3.63) is 50.9 Å². The summed E-state index contributed by atoms with van der Waals surface area (Å²) in [4.78, 5) is 0. The first-order chi connectivity index (χ1) is 10.6. The van der Waals surface area contributed by atoms with Crippen LogP contribution >= 0.6 is 31.9 Å². The van der Waals surface area contributed by atoms with Crippen molar-refractivity contribution in [2.24, 2.45) is 5.10 Å². The zero-order valence-corrected chi connectivity index (χ0v) is 15.4. The molecule has 0 aromatic heterocycles. The van der Waals surface area contributed by atoms with E-state index in [4.69, 9.17) is 9.47 Å². The van der Waals surface area contributed by atoms with E-state index < -0.39 is 0 Å². The van der Waals surface area contributed by atoms with Gasteiger partial charge in [0.15, 0.2) is 11.5 Å². The molecule has 0 amide bonds. The van der Waals surface area contributed by atoms with Crippen molar-refractivity contribution in [3.8, 4) is 11.5 Å². The highest BCUT2D eigenvalue weighted by molar-refractivity contribution is 9.10. The third-order valence-electron chi connectivity index (χ3n) is 2.79. The molecule has 0 aliphatic heterocycles. The molecule has 4 nitrogen and oxygen atoms in total. The fourth-order valence-corrected chi connectivity index (χ4v) is 2.72. The van der Waals surface area contributed by atoms with Crippen molar-refractivity contribution in [1.82, 2.24) is 0 Å². The predicted octanol–water partition coefficient (Wildman–Crippen LogP) is 5.06. The third-order valence-corrected chi connectivity index (χ3v) is 3.91. The van der Waals surface area contributed by atoms with Crippen molar-refractivity contribution in [2.45, 2.75) is 6.92 Å². The summed E-state index contributed by atoms with van der Waals surface area (Å²) < 4.78 is 12.8. The van der Waals surface area contributed by atoms with Crippen LogP contribution < -0.4 is 14.9 Å². The van der Waals surface area contributed by atoms with Crippen LogP contribution in [0.3, 0.4) is 0 Å². The molecular weight excluding hydrogens is 412 g/mol. The molecule has 116 valence electrons. The number of nitrogens with one attached hydrogen (secondary N) is 1. The van der Waals surface area contributed by atoms with Crippen LogP contribution in [0.15, 0.2) is 50.4 Å². The standard InChI is InChI=1S/C16H16Br2N2O2/c1-3-22-15-9-11(8-14(18)16(15)21-2)10-19-20-13-6-4-12(17)5-7-13/h4-10,20H,3H2,1-2H3/b19-10+. The Kier molecular flexibility index (Phi) is 6.27. The highest BCUT2D eigenvalue weighted by Gasteiger charge is 2.10. The van der Waals surface area contributed by atoms with Crippen molar-refractivity contribution in [3.63, 3.8) is 0 Å². The number of ether oxygens (including phenoxy) is 2. The van der Waals surface area contributed by atoms with Gasteiger partial charge in [0.25, 0.3) is 0 Å². The first-order valence-electron chi connectivity index (χ1n) is 6.69. The van der Waals surface area contributed by atoms with Gasteiger partial charge in [-0.2, -0.15) is 5.10 Å². The van der Waals surface area contributed by atoms with E-state index in [1.54, 1.807) is 13.3 Å². The second-order valence-corrected chi connectivity index (χ2v) is 6.11. The number of halogens is 2. The molecule has 0 spiro atoms. The number of benzene rings is 2. The summed E-state index contributed by atoms with van der Waals surface area (Å²) in [5.41, 5.74) is 4.80. The van der Waals surface area contributed by atoms with Crippen LogP contribution in [-0.2, 0) is 0 Å². The summed E-state index contributed by atoms with van der Waals surface area (Å²) in [6, 6.07) is 11.6. The SMILES string of the molecule is CCOc1cc(/C=N/Nc2ccc(Br)cc2)cc(Br)c1OC. The van der Waals surface area contributed by atoms with E-state index in [1.807, 2.05) is 43.3 Å². The molecule has 6 heteroatoms. The second kappa shape index (κ2) is 8.19. The number of methoxy groups -OCH3 is 1. The van der Waals surface area contributed by atoms with Gasteiger partial charge < -0.3 is 9.47 Å². The highest BCUT2D eigenvalue weighted by Crippen LogP contribution is 2.36. The molecule has 2 aromatic rings. The molecule has 0 unspecified atom stereocenters. The second-order valence-electron chi connectivity index (χ2n) is 4.34. The van der Waals surface area contributed by atoms with E-state index in [0.29, 0.717) is 18.1 Å². The molecule has 22 heavy (non-hydrogen) atoms. The Labute approximate surface area is 146 Å². The Morgan fingerprint density at radius 3 is 2.55 bits per heavy atom. The molecule has 0 saturated heterocycles. The molecule has 0 aliphatic rings. The lowest BCUT2D eigenvalue weighted by molar-refractivity contribution is 0.310. The minimum atomic E-state index is 0.570. The molecule has 0 fully saturated rings. The molecule has 0 atom stereocenters. The summed E-state index contributed by atoms with van der Waals surface area (Å²) in [6.45, 7) is 2.50. The van der Waals surface area contributed by atoms with Gasteiger partial charge in [0.2, 0.25) is 0 Å². The smallest absolute Gasteiger partial charge is 0.174 e. The van der Waals surface area contributed by atoms with E-state index in [9.17, 15) is 0 Å². The van der Waals surface area contributed by atoms with Crippen LogP contribution in [0.2, 0.25) is 0 Å². The summed E-state index contributed by atoms with van der Waals surface area (Å²) >= 11 is 6.88. The molecule has 0 aliphatic carbocycles. The number of hydrogen-bond donors (Lipinski definition) is 1. The number of rotatable bonds is 6. The molecule has 1 N–H and O–H groups in total. The monoisotopic (exact) mass is 426 g/mol. The topological polar surface area (TPSA) is 42.8 Å². The summed E-state index contributed by atoms with van der Waals surface area (Å²) in [5.74, 6) is 1.37. The number of nitrogens with zero attached hydrogens (tertiary/aromatic N) is 1. The molecule has 0 radical (unpaired) electrons. The van der Waals surface area contributed by atoms with E-state index in [0.717, 1.165) is 20.2 Å². The number of hydrazone groups is 1. The zero-order chi connectivity index (χ0) is 15.9. The largest absolute Gasteiger partial charge is 0.492 e. The Balaban J connectivity index is 2.14. The zero-order valence-electron chi connectivity index (χ0n) is 12.3. The van der Waals surface area contributed by atoms with E-state index in [2.05, 4.69) is 42.4 Å². The van der Waals surface area contributed by atoms with E-state index >= 15 is 0 Å². The van der Waals surface area contributed by atoms with Gasteiger partial charge in [-0.1, -0.05) is 15.9 Å². The van der Waals surface area contributed by atoms with Crippen LogP contribution in [0.25, 0.3) is 0 Å². The molecular formula is C16H16Br2N2O2. The predicted molar refractivity (Wildman–Crippen MR) is 97.2 cm³/mol. The molecule has 2 rings (SSSR count). The summed E-state index contributed by atoms with van der Waals surface area (Å²) in [6.07, 6.45) is 1.73. The van der Waals surface area contributed by atoms with Crippen molar-refractivity contribution >= 4 is 43.8 Å². The fourth-order valence-electron chi connectivity index (χ4n) is 1.83. The van der Waals surface area contributed by atoms with E-state index in [-0.39, 0.29) is 0 Å². The average molecular weight is 428 g/mol. The Hall–Kier alpha value is -1.53. The maximum absolute atomic E-state index is 5.58. The average Bonchev–Trinajstić information content (AvgIpc) is 2.49. The van der Waals surface area contributed by atoms with Crippen molar-refractivity contribution in [2.75, 3.05) is 19.1 Å². The van der Waals surface area contributed by atoms with Gasteiger partial charge in [-0.3, -0.25) is 5.43 Å². The highest BCUT2D eigenvalue weighted by atomic mass is 79.9. The lowest BCUT2D eigenvalue weighted by Gasteiger charge is -2.11. The lowest BCUT2D eigenvalue weighted by atomic mass is 10.2. The maximum Gasteiger partial charge on any atom is 0.174 e. The number of hydrogen-bond acceptors (Lipinski definition) is 4. The maximum atomic E-state index is 5.58. The van der Waals surface area contributed by atoms with Gasteiger partial charge in [-0.25, -0.2) is 0 Å². The summed E-state index contributed by atoms with van der Waals surface area (Å²) in [7, 11) is 1.62. The van der Waals surface area contributed by atoms with Crippen LogP contribution in [-0.4, -0.2) is 19.9 Å². The van der Waals surface area contributed by atoms with Crippen LogP contribution in [0.5, 0.6) is 11.5 Å². The third kappa shape index (κ3) is 4.48. The molecule has 0 heterocycles. The normalized spacial score (nSPS) is 10.7. The van der Waals surface area contributed by atoms with Crippen LogP contribution in [0.4, 0.5) is 5.69 Å². The van der Waals surface area contributed by atoms with Gasteiger partial charge in [-0.15, -0.1) is 0 Å². The molecule has 0 saturated carbocycles. The Bertz CT molecular complexity index is 658. The Morgan fingerprint density at radius 2 is 1.91 bits per heavy atom. The van der Waals surface area contributed by atoms with Crippen molar-refractivity contribution in [1.29, 1.82) is 0 Å². The Morgan fingerprint density at radius 1 is 1.18 bits per heavy atom. The lowest BCUT2D eigenvalue weighted by Crippen LogP contribution is -1.98. The van der Waals surface area contributed by atoms with Crippen molar-refractivity contribution < 1.29 is 9.47 Å². The number of anilines is 1. The first-order valence-corrected chi connectivity index (χ1v) is 8.27. The molecule has 2 aromatic carbocycles. The van der Waals surface area contributed by atoms with Gasteiger partial charge in [0.1, 0.15) is 0 Å². The minimum absolute atomic E-state index is 0.570. The van der Waals surface area contributed by atoms with Gasteiger partial charge in [0.05, 0.1) is 30.1 Å².